The number of pyridine rings is 1. The molecule has 0 amide bonds. The molecule has 21 heavy (non-hydrogen) atoms. The summed E-state index contributed by atoms with van der Waals surface area (Å²) in [4.78, 5) is 4.34. The lowest BCUT2D eigenvalue weighted by Gasteiger charge is -2.36. The summed E-state index contributed by atoms with van der Waals surface area (Å²) in [5.41, 5.74) is 3.94. The minimum absolute atomic E-state index is 0.00419. The van der Waals surface area contributed by atoms with Gasteiger partial charge >= 0.3 is 0 Å². The maximum atomic E-state index is 4.34. The van der Waals surface area contributed by atoms with Gasteiger partial charge in [0, 0.05) is 23.9 Å². The van der Waals surface area contributed by atoms with Crippen molar-refractivity contribution in [3.63, 3.8) is 0 Å². The highest BCUT2D eigenvalue weighted by Gasteiger charge is 2.32. The summed E-state index contributed by atoms with van der Waals surface area (Å²) in [6.07, 6.45) is 5.00. The van der Waals surface area contributed by atoms with E-state index >= 15 is 0 Å². The van der Waals surface area contributed by atoms with Gasteiger partial charge in [-0.2, -0.15) is 0 Å². The van der Waals surface area contributed by atoms with Crippen LogP contribution in [0.25, 0.3) is 0 Å². The smallest absolute Gasteiger partial charge is 0.0430 e. The summed E-state index contributed by atoms with van der Waals surface area (Å²) in [6, 6.07) is 13.1. The number of aryl methyl sites for hydroxylation is 1. The van der Waals surface area contributed by atoms with Crippen molar-refractivity contribution in [1.29, 1.82) is 0 Å². The third-order valence-corrected chi connectivity index (χ3v) is 4.23. The van der Waals surface area contributed by atoms with Gasteiger partial charge < -0.3 is 5.32 Å². The summed E-state index contributed by atoms with van der Waals surface area (Å²) in [5.74, 6) is 0. The standard InChI is InChI=1S/C19H26N2/c1-5-12-21-18(17-14-20-13-11-15(17)2)19(3,4)16-9-7-6-8-10-16/h6-11,13-14,18,21H,5,12H2,1-4H3. The van der Waals surface area contributed by atoms with Gasteiger partial charge in [0.05, 0.1) is 0 Å². The van der Waals surface area contributed by atoms with Gasteiger partial charge in [0.15, 0.2) is 0 Å². The first-order valence-corrected chi connectivity index (χ1v) is 7.76. The van der Waals surface area contributed by atoms with E-state index < -0.39 is 0 Å². The van der Waals surface area contributed by atoms with Crippen LogP contribution in [-0.2, 0) is 5.41 Å². The van der Waals surface area contributed by atoms with E-state index in [1.807, 2.05) is 12.4 Å². The zero-order valence-electron chi connectivity index (χ0n) is 13.6. The van der Waals surface area contributed by atoms with Crippen molar-refractivity contribution in [3.05, 3.63) is 65.5 Å². The number of hydrogen-bond acceptors (Lipinski definition) is 2. The Bertz CT molecular complexity index is 561. The zero-order valence-corrected chi connectivity index (χ0v) is 13.6. The van der Waals surface area contributed by atoms with Crippen LogP contribution in [0.3, 0.4) is 0 Å². The molecule has 0 fully saturated rings. The Balaban J connectivity index is 2.42. The van der Waals surface area contributed by atoms with Crippen molar-refractivity contribution < 1.29 is 0 Å². The van der Waals surface area contributed by atoms with Crippen molar-refractivity contribution in [2.75, 3.05) is 6.54 Å². The van der Waals surface area contributed by atoms with Crippen LogP contribution >= 0.6 is 0 Å². The zero-order chi connectivity index (χ0) is 15.3. The number of rotatable bonds is 6. The molecule has 1 heterocycles. The van der Waals surface area contributed by atoms with Crippen molar-refractivity contribution >= 4 is 0 Å². The van der Waals surface area contributed by atoms with Crippen LogP contribution in [0.15, 0.2) is 48.8 Å². The van der Waals surface area contributed by atoms with E-state index in [1.54, 1.807) is 0 Å². The Kier molecular flexibility index (Phi) is 5.13. The highest BCUT2D eigenvalue weighted by atomic mass is 14.9. The molecule has 0 saturated heterocycles. The van der Waals surface area contributed by atoms with Gasteiger partial charge in [0.2, 0.25) is 0 Å². The Labute approximate surface area is 128 Å². The van der Waals surface area contributed by atoms with Gasteiger partial charge in [-0.25, -0.2) is 0 Å². The molecule has 0 aliphatic rings. The molecule has 0 aliphatic heterocycles. The molecule has 0 spiro atoms. The molecule has 0 radical (unpaired) electrons. The quantitative estimate of drug-likeness (QED) is 0.849. The fourth-order valence-corrected chi connectivity index (χ4v) is 2.86. The molecular formula is C19H26N2. The summed E-state index contributed by atoms with van der Waals surface area (Å²) in [5, 5.41) is 3.73. The van der Waals surface area contributed by atoms with Crippen LogP contribution in [0.4, 0.5) is 0 Å². The Morgan fingerprint density at radius 2 is 1.86 bits per heavy atom. The van der Waals surface area contributed by atoms with E-state index in [-0.39, 0.29) is 11.5 Å². The lowest BCUT2D eigenvalue weighted by atomic mass is 9.74. The predicted molar refractivity (Wildman–Crippen MR) is 89.5 cm³/mol. The van der Waals surface area contributed by atoms with Crippen LogP contribution in [0, 0.1) is 6.92 Å². The SMILES string of the molecule is CCCNC(c1cnccc1C)C(C)(C)c1ccccc1. The molecule has 0 saturated carbocycles. The minimum atomic E-state index is 0.00419. The van der Waals surface area contributed by atoms with Crippen LogP contribution < -0.4 is 5.32 Å². The summed E-state index contributed by atoms with van der Waals surface area (Å²) in [6.45, 7) is 9.99. The van der Waals surface area contributed by atoms with E-state index in [4.69, 9.17) is 0 Å². The molecule has 2 aromatic rings. The first kappa shape index (κ1) is 15.7. The van der Waals surface area contributed by atoms with E-state index in [0.717, 1.165) is 13.0 Å². The van der Waals surface area contributed by atoms with Gasteiger partial charge in [-0.3, -0.25) is 4.98 Å². The topological polar surface area (TPSA) is 24.9 Å². The van der Waals surface area contributed by atoms with Gasteiger partial charge in [0.25, 0.3) is 0 Å². The van der Waals surface area contributed by atoms with E-state index in [2.05, 4.69) is 74.4 Å². The predicted octanol–water partition coefficient (Wildman–Crippen LogP) is 4.41. The molecule has 2 rings (SSSR count). The molecule has 2 heteroatoms. The monoisotopic (exact) mass is 282 g/mol. The van der Waals surface area contributed by atoms with Crippen LogP contribution in [0.1, 0.15) is 49.9 Å². The Hall–Kier alpha value is -1.67. The number of nitrogens with one attached hydrogen (secondary N) is 1. The fourth-order valence-electron chi connectivity index (χ4n) is 2.86. The third-order valence-electron chi connectivity index (χ3n) is 4.23. The van der Waals surface area contributed by atoms with Crippen molar-refractivity contribution in [2.24, 2.45) is 0 Å². The molecule has 0 bridgehead atoms. The lowest BCUT2D eigenvalue weighted by Crippen LogP contribution is -2.38. The average Bonchev–Trinajstić information content (AvgIpc) is 2.50. The second kappa shape index (κ2) is 6.86. The summed E-state index contributed by atoms with van der Waals surface area (Å²) in [7, 11) is 0. The van der Waals surface area contributed by atoms with Gasteiger partial charge in [-0.15, -0.1) is 0 Å². The Morgan fingerprint density at radius 3 is 2.48 bits per heavy atom. The highest BCUT2D eigenvalue weighted by Crippen LogP contribution is 2.37. The summed E-state index contributed by atoms with van der Waals surface area (Å²) >= 11 is 0. The molecule has 1 N–H and O–H groups in total. The van der Waals surface area contributed by atoms with Crippen LogP contribution in [0.2, 0.25) is 0 Å². The van der Waals surface area contributed by atoms with Crippen molar-refractivity contribution in [1.82, 2.24) is 10.3 Å². The molecule has 1 aromatic heterocycles. The number of aromatic nitrogens is 1. The number of hydrogen-bond donors (Lipinski definition) is 1. The van der Waals surface area contributed by atoms with Gasteiger partial charge in [-0.05, 0) is 42.6 Å². The molecule has 112 valence electrons. The highest BCUT2D eigenvalue weighted by molar-refractivity contribution is 5.34. The first-order valence-electron chi connectivity index (χ1n) is 7.76. The van der Waals surface area contributed by atoms with Crippen molar-refractivity contribution in [3.8, 4) is 0 Å². The molecule has 1 unspecified atom stereocenters. The van der Waals surface area contributed by atoms with Crippen LogP contribution in [0.5, 0.6) is 0 Å². The van der Waals surface area contributed by atoms with E-state index in [0.29, 0.717) is 0 Å². The summed E-state index contributed by atoms with van der Waals surface area (Å²) < 4.78 is 0. The lowest BCUT2D eigenvalue weighted by molar-refractivity contribution is 0.346. The van der Waals surface area contributed by atoms with Gasteiger partial charge in [0.1, 0.15) is 0 Å². The molecule has 1 atom stereocenters. The minimum Gasteiger partial charge on any atom is -0.309 e. The molecule has 0 aliphatic carbocycles. The van der Waals surface area contributed by atoms with Crippen molar-refractivity contribution in [2.45, 2.75) is 45.6 Å². The maximum Gasteiger partial charge on any atom is 0.0430 e. The van der Waals surface area contributed by atoms with Gasteiger partial charge in [-0.1, -0.05) is 51.1 Å². The molecule has 1 aromatic carbocycles. The molecular weight excluding hydrogens is 256 g/mol. The van der Waals surface area contributed by atoms with E-state index in [1.165, 1.54) is 16.7 Å². The number of benzene rings is 1. The first-order chi connectivity index (χ1) is 10.1. The second-order valence-electron chi connectivity index (χ2n) is 6.21. The maximum absolute atomic E-state index is 4.34. The fraction of sp³-hybridized carbons (Fsp3) is 0.421. The normalized spacial score (nSPS) is 13.1. The second-order valence-corrected chi connectivity index (χ2v) is 6.21. The number of nitrogens with zero attached hydrogens (tertiary/aromatic N) is 1. The molecule has 2 nitrogen and oxygen atoms in total. The van der Waals surface area contributed by atoms with E-state index in [9.17, 15) is 0 Å². The third kappa shape index (κ3) is 3.51. The average molecular weight is 282 g/mol. The Morgan fingerprint density at radius 1 is 1.14 bits per heavy atom. The van der Waals surface area contributed by atoms with Crippen LogP contribution in [-0.4, -0.2) is 11.5 Å². The largest absolute Gasteiger partial charge is 0.309 e.